The fourth-order valence-corrected chi connectivity index (χ4v) is 9.22. The third kappa shape index (κ3) is 11.0. The lowest BCUT2D eigenvalue weighted by atomic mass is 9.67. The van der Waals surface area contributed by atoms with Crippen LogP contribution in [0.2, 0.25) is 0 Å². The van der Waals surface area contributed by atoms with Crippen molar-refractivity contribution in [3.05, 3.63) is 59.2 Å². The van der Waals surface area contributed by atoms with Crippen molar-refractivity contribution in [2.75, 3.05) is 40.8 Å². The molecule has 9 atom stereocenters. The summed E-state index contributed by atoms with van der Waals surface area (Å²) < 4.78 is 64.4. The van der Waals surface area contributed by atoms with E-state index in [-0.39, 0.29) is 61.5 Å². The van der Waals surface area contributed by atoms with Crippen molar-refractivity contribution in [3.63, 3.8) is 0 Å². The van der Waals surface area contributed by atoms with Crippen molar-refractivity contribution in [2.45, 2.75) is 140 Å². The first-order valence-electron chi connectivity index (χ1n) is 22.7. The molecule has 3 fully saturated rings. The standard InChI is InChI=1S/C48H64O15/c1-5-6-7-8-9-10-11-12-13-14-15-16-17-18-19-20-21-55-48(52)63-45-41(50)47(61-37-27-56-29(2)60-44(37)45)62-42-33-22-31-26-57-46(51)39(31)38(32(33)25-36-43(42)59-28-58-36)30-23-34(53-3)40(49)35(24-30)54-4/h9-10,12-13,23-25,29,31,37-39,41,44-45,47,49-50H,5-8,11,14-22,26-28H2,1-4H3/b10-9-,13-12-/t29-,31+,37-,38-,39?,41-,44?,45-,47+/m1/s1. The van der Waals surface area contributed by atoms with Crippen molar-refractivity contribution in [2.24, 2.45) is 11.8 Å². The van der Waals surface area contributed by atoms with E-state index in [2.05, 4.69) is 31.2 Å². The van der Waals surface area contributed by atoms with E-state index >= 15 is 0 Å². The number of phenols is 1. The Balaban J connectivity index is 0.990. The van der Waals surface area contributed by atoms with Gasteiger partial charge in [-0.2, -0.15) is 0 Å². The number of esters is 1. The normalized spacial score (nSPS) is 27.1. The van der Waals surface area contributed by atoms with Gasteiger partial charge in [0, 0.05) is 17.4 Å². The molecule has 3 saturated heterocycles. The minimum Gasteiger partial charge on any atom is -0.502 e. The molecule has 0 amide bonds. The van der Waals surface area contributed by atoms with Gasteiger partial charge in [-0.05, 0) is 81.2 Å². The molecule has 4 heterocycles. The van der Waals surface area contributed by atoms with E-state index in [0.717, 1.165) is 44.9 Å². The number of carbonyl (C=O) groups is 2. The van der Waals surface area contributed by atoms with Gasteiger partial charge >= 0.3 is 12.1 Å². The van der Waals surface area contributed by atoms with Crippen molar-refractivity contribution in [1.82, 2.24) is 0 Å². The molecule has 15 heteroatoms. The molecule has 5 aliphatic rings. The summed E-state index contributed by atoms with van der Waals surface area (Å²) in [6.07, 6.45) is 15.2. The number of rotatable bonds is 21. The highest BCUT2D eigenvalue weighted by atomic mass is 16.8. The smallest absolute Gasteiger partial charge is 0.502 e. The zero-order valence-electron chi connectivity index (χ0n) is 37.0. The summed E-state index contributed by atoms with van der Waals surface area (Å²) in [4.78, 5) is 26.6. The zero-order valence-corrected chi connectivity index (χ0v) is 37.0. The highest BCUT2D eigenvalue weighted by molar-refractivity contribution is 5.79. The molecule has 15 nitrogen and oxygen atoms in total. The second kappa shape index (κ2) is 22.3. The minimum absolute atomic E-state index is 0.0839. The van der Waals surface area contributed by atoms with Crippen LogP contribution < -0.4 is 23.7 Å². The van der Waals surface area contributed by atoms with Gasteiger partial charge in [-0.3, -0.25) is 4.79 Å². The summed E-state index contributed by atoms with van der Waals surface area (Å²) in [5.74, 6) is -0.748. The molecule has 346 valence electrons. The number of fused-ring (bicyclic) bond motifs is 4. The molecular weight excluding hydrogens is 817 g/mol. The number of benzene rings is 2. The number of aliphatic hydroxyl groups excluding tert-OH is 1. The van der Waals surface area contributed by atoms with Crippen LogP contribution in [0.5, 0.6) is 34.5 Å². The largest absolute Gasteiger partial charge is 0.508 e. The van der Waals surface area contributed by atoms with Crippen LogP contribution in [0, 0.1) is 11.8 Å². The third-order valence-electron chi connectivity index (χ3n) is 12.5. The Kier molecular flexibility index (Phi) is 16.4. The Morgan fingerprint density at radius 1 is 0.873 bits per heavy atom. The molecule has 2 aromatic rings. The Morgan fingerprint density at radius 2 is 1.59 bits per heavy atom. The van der Waals surface area contributed by atoms with Crippen LogP contribution in [0.1, 0.15) is 114 Å². The van der Waals surface area contributed by atoms with Gasteiger partial charge in [0.05, 0.1) is 40.0 Å². The van der Waals surface area contributed by atoms with Crippen molar-refractivity contribution in [3.8, 4) is 34.5 Å². The summed E-state index contributed by atoms with van der Waals surface area (Å²) >= 11 is 0. The van der Waals surface area contributed by atoms with Crippen LogP contribution in [-0.2, 0) is 39.6 Å². The summed E-state index contributed by atoms with van der Waals surface area (Å²) in [5, 5.41) is 22.6. The number of aromatic hydroxyl groups is 1. The van der Waals surface area contributed by atoms with E-state index in [0.29, 0.717) is 41.0 Å². The predicted octanol–water partition coefficient (Wildman–Crippen LogP) is 8.18. The Hall–Kier alpha value is -4.70. The number of cyclic esters (lactones) is 1. The maximum Gasteiger partial charge on any atom is 0.508 e. The number of hydrogen-bond acceptors (Lipinski definition) is 15. The topological polar surface area (TPSA) is 176 Å². The Morgan fingerprint density at radius 3 is 2.32 bits per heavy atom. The number of allylic oxidation sites excluding steroid dienone is 4. The number of ether oxygens (including phenoxy) is 11. The molecule has 0 saturated carbocycles. The maximum atomic E-state index is 13.4. The molecule has 2 unspecified atom stereocenters. The number of unbranched alkanes of at least 4 members (excludes halogenated alkanes) is 9. The first-order chi connectivity index (χ1) is 30.7. The average molecular weight is 881 g/mol. The van der Waals surface area contributed by atoms with Gasteiger partial charge in [0.1, 0.15) is 12.2 Å². The monoisotopic (exact) mass is 880 g/mol. The predicted molar refractivity (Wildman–Crippen MR) is 228 cm³/mol. The summed E-state index contributed by atoms with van der Waals surface area (Å²) in [7, 11) is 2.87. The SMILES string of the molecule is CCCCC/C=C\C/C=C\CCCCCCCCOC(=O)O[C@H]1C2O[C@H](C)OC[C@H]2O[C@@H](Oc2c3c(cc4c2OCO4)[C@@H](c2cc(OC)c(O)c(OC)c2)C2C(=O)OC[C@@H]2C3)[C@@H]1O. The second-order valence-electron chi connectivity index (χ2n) is 16.8. The first kappa shape index (κ1) is 46.3. The van der Waals surface area contributed by atoms with Crippen LogP contribution in [0.4, 0.5) is 4.79 Å². The Labute approximate surface area is 369 Å². The second-order valence-corrected chi connectivity index (χ2v) is 16.8. The molecule has 0 aromatic heterocycles. The van der Waals surface area contributed by atoms with E-state index in [1.54, 1.807) is 19.1 Å². The van der Waals surface area contributed by atoms with E-state index in [1.165, 1.54) is 39.9 Å². The van der Waals surface area contributed by atoms with Gasteiger partial charge < -0.3 is 62.3 Å². The number of aliphatic hydroxyl groups is 1. The fraction of sp³-hybridized carbons (Fsp3) is 0.625. The van der Waals surface area contributed by atoms with Crippen LogP contribution >= 0.6 is 0 Å². The summed E-state index contributed by atoms with van der Waals surface area (Å²) in [5.41, 5.74) is 2.00. The highest BCUT2D eigenvalue weighted by Crippen LogP contribution is 2.56. The average Bonchev–Trinajstić information content (AvgIpc) is 3.91. The molecular formula is C48H64O15. The fourth-order valence-electron chi connectivity index (χ4n) is 9.22. The third-order valence-corrected chi connectivity index (χ3v) is 12.5. The zero-order chi connectivity index (χ0) is 44.3. The van der Waals surface area contributed by atoms with Gasteiger partial charge in [0.2, 0.25) is 24.6 Å². The number of methoxy groups -OCH3 is 2. The lowest BCUT2D eigenvalue weighted by Crippen LogP contribution is -2.64. The first-order valence-corrected chi connectivity index (χ1v) is 22.7. The van der Waals surface area contributed by atoms with Gasteiger partial charge in [0.15, 0.2) is 41.5 Å². The number of phenolic OH excluding ortho intramolecular Hbond substituents is 1. The van der Waals surface area contributed by atoms with Crippen molar-refractivity contribution < 1.29 is 71.9 Å². The summed E-state index contributed by atoms with van der Waals surface area (Å²) in [6, 6.07) is 5.15. The molecule has 1 aliphatic carbocycles. The molecule has 0 spiro atoms. The number of carbonyl (C=O) groups excluding carboxylic acids is 2. The van der Waals surface area contributed by atoms with Crippen LogP contribution in [0.3, 0.4) is 0 Å². The molecule has 2 N–H and O–H groups in total. The van der Waals surface area contributed by atoms with E-state index in [9.17, 15) is 19.8 Å². The molecule has 0 bridgehead atoms. The van der Waals surface area contributed by atoms with Crippen molar-refractivity contribution >= 4 is 12.1 Å². The van der Waals surface area contributed by atoms with E-state index in [4.69, 9.17) is 52.1 Å². The summed E-state index contributed by atoms with van der Waals surface area (Å²) in [6.45, 7) is 4.27. The van der Waals surface area contributed by atoms with Gasteiger partial charge in [0.25, 0.3) is 0 Å². The molecule has 7 rings (SSSR count). The van der Waals surface area contributed by atoms with Gasteiger partial charge in [-0.15, -0.1) is 0 Å². The molecule has 63 heavy (non-hydrogen) atoms. The van der Waals surface area contributed by atoms with Gasteiger partial charge in [-0.25, -0.2) is 4.79 Å². The minimum atomic E-state index is -1.53. The van der Waals surface area contributed by atoms with E-state index < -0.39 is 55.0 Å². The Bertz CT molecular complexity index is 1890. The lowest BCUT2D eigenvalue weighted by molar-refractivity contribution is -0.344. The number of hydrogen-bond donors (Lipinski definition) is 2. The van der Waals surface area contributed by atoms with Crippen LogP contribution in [0.25, 0.3) is 0 Å². The molecule has 0 radical (unpaired) electrons. The molecule has 2 aromatic carbocycles. The van der Waals surface area contributed by atoms with Crippen molar-refractivity contribution in [1.29, 1.82) is 0 Å². The lowest BCUT2D eigenvalue weighted by Gasteiger charge is -2.46. The molecule has 4 aliphatic heterocycles. The maximum absolute atomic E-state index is 13.4. The quantitative estimate of drug-likeness (QED) is 0.0697. The van der Waals surface area contributed by atoms with E-state index in [1.807, 2.05) is 6.07 Å². The van der Waals surface area contributed by atoms with Crippen LogP contribution in [0.15, 0.2) is 42.5 Å². The van der Waals surface area contributed by atoms with Gasteiger partial charge in [-0.1, -0.05) is 69.8 Å². The highest BCUT2D eigenvalue weighted by Gasteiger charge is 2.54. The van der Waals surface area contributed by atoms with Crippen LogP contribution in [-0.4, -0.2) is 100 Å².